The Bertz CT molecular complexity index is 1410. The number of hydrogen-bond acceptors (Lipinski definition) is 2. The van der Waals surface area contributed by atoms with E-state index >= 15 is 0 Å². The molecule has 4 rings (SSSR count). The molecule has 0 aliphatic heterocycles. The van der Waals surface area contributed by atoms with E-state index in [1.165, 1.54) is 0 Å². The van der Waals surface area contributed by atoms with E-state index in [0.717, 1.165) is 11.1 Å². The zero-order chi connectivity index (χ0) is 26.5. The van der Waals surface area contributed by atoms with Crippen molar-refractivity contribution in [2.24, 2.45) is 0 Å². The second-order valence-electron chi connectivity index (χ2n) is 8.40. The summed E-state index contributed by atoms with van der Waals surface area (Å²) in [7, 11) is 0. The van der Waals surface area contributed by atoms with E-state index in [1.807, 2.05) is 59.0 Å². The molecule has 0 spiro atoms. The molecule has 0 saturated heterocycles. The zero-order valence-electron chi connectivity index (χ0n) is 19.7. The van der Waals surface area contributed by atoms with Crippen LogP contribution in [-0.2, 0) is 22.7 Å². The van der Waals surface area contributed by atoms with Gasteiger partial charge in [-0.05, 0) is 48.9 Å². The second-order valence-corrected chi connectivity index (χ2v) is 10.5. The fourth-order valence-electron chi connectivity index (χ4n) is 3.71. The van der Waals surface area contributed by atoms with E-state index in [2.05, 4.69) is 5.32 Å². The van der Waals surface area contributed by atoms with Gasteiger partial charge in [0.05, 0.1) is 17.3 Å². The number of carbonyl (C=O) groups is 1. The van der Waals surface area contributed by atoms with Gasteiger partial charge in [0, 0.05) is 25.7 Å². The Labute approximate surface area is 240 Å². The number of rotatable bonds is 9. The molecule has 2 unspecified atom stereocenters. The Morgan fingerprint density at radius 3 is 2.35 bits per heavy atom. The first-order valence-electron chi connectivity index (χ1n) is 11.3. The Hall–Kier alpha value is -2.25. The zero-order valence-corrected chi connectivity index (χ0v) is 23.5. The molecule has 0 saturated carbocycles. The number of imidazole rings is 1. The Morgan fingerprint density at radius 2 is 1.65 bits per heavy atom. The molecule has 1 amide bonds. The van der Waals surface area contributed by atoms with Gasteiger partial charge in [0.25, 0.3) is 5.91 Å². The van der Waals surface area contributed by atoms with E-state index in [4.69, 9.17) is 62.7 Å². The monoisotopic (exact) mass is 596 g/mol. The molecule has 1 aromatic heterocycles. The molecule has 10 heteroatoms. The van der Waals surface area contributed by atoms with Crippen LogP contribution in [0.2, 0.25) is 25.1 Å². The number of amides is 1. The Kier molecular flexibility index (Phi) is 9.41. The van der Waals surface area contributed by atoms with Crippen LogP contribution in [0.1, 0.15) is 30.2 Å². The van der Waals surface area contributed by atoms with Crippen molar-refractivity contribution < 1.29 is 14.1 Å². The number of anilines is 1. The van der Waals surface area contributed by atoms with Crippen LogP contribution in [0.4, 0.5) is 5.69 Å². The normalized spacial score (nSPS) is 12.8. The van der Waals surface area contributed by atoms with Gasteiger partial charge in [-0.25, -0.2) is 9.13 Å². The Balaban J connectivity index is 1.51. The number of ether oxygens (including phenoxy) is 1. The number of benzene rings is 3. The number of halogens is 5. The maximum atomic E-state index is 12.8. The third kappa shape index (κ3) is 7.20. The van der Waals surface area contributed by atoms with E-state index in [-0.39, 0.29) is 12.5 Å². The molecule has 1 heterocycles. The van der Waals surface area contributed by atoms with Gasteiger partial charge in [-0.1, -0.05) is 82.3 Å². The fraction of sp³-hybridized carbons (Fsp3) is 0.185. The minimum Gasteiger partial charge on any atom is -0.365 e. The van der Waals surface area contributed by atoms with Gasteiger partial charge in [0.15, 0.2) is 6.04 Å². The highest BCUT2D eigenvalue weighted by molar-refractivity contribution is 6.35. The molecule has 192 valence electrons. The van der Waals surface area contributed by atoms with E-state index in [9.17, 15) is 4.79 Å². The summed E-state index contributed by atoms with van der Waals surface area (Å²) < 4.78 is 10.0. The minimum atomic E-state index is -0.483. The topological polar surface area (TPSA) is 47.1 Å². The third-order valence-corrected chi connectivity index (χ3v) is 7.29. The van der Waals surface area contributed by atoms with E-state index in [1.54, 1.807) is 36.4 Å². The van der Waals surface area contributed by atoms with Gasteiger partial charge in [0.2, 0.25) is 6.33 Å². The number of aromatic nitrogens is 2. The van der Waals surface area contributed by atoms with Crippen molar-refractivity contribution in [3.8, 4) is 0 Å². The second kappa shape index (κ2) is 12.5. The van der Waals surface area contributed by atoms with Gasteiger partial charge in [0.1, 0.15) is 25.0 Å². The number of hydrogen-bond donors (Lipinski definition) is 1. The standard InChI is InChI=1S/C27H22Cl5N3O2/c1-17(27(36)33-25-5-3-2-4-22(25)30)35-11-10-34(16-35)14-26(21-9-8-20(29)13-24(21)32)37-15-18-6-7-19(28)12-23(18)31/h2-13,16-17,26H,14-15H2,1H3/p+1. The average Bonchev–Trinajstić information content (AvgIpc) is 3.32. The van der Waals surface area contributed by atoms with Crippen molar-refractivity contribution in [2.45, 2.75) is 32.2 Å². The van der Waals surface area contributed by atoms with Gasteiger partial charge in [-0.3, -0.25) is 4.79 Å². The lowest BCUT2D eigenvalue weighted by atomic mass is 10.1. The van der Waals surface area contributed by atoms with E-state index < -0.39 is 12.1 Å². The van der Waals surface area contributed by atoms with Crippen molar-refractivity contribution in [2.75, 3.05) is 5.32 Å². The average molecular weight is 599 g/mol. The molecule has 0 fully saturated rings. The van der Waals surface area contributed by atoms with Crippen molar-refractivity contribution >= 4 is 69.6 Å². The number of para-hydroxylation sites is 1. The van der Waals surface area contributed by atoms with Crippen LogP contribution in [0.25, 0.3) is 0 Å². The lowest BCUT2D eigenvalue weighted by molar-refractivity contribution is -0.705. The molecule has 0 aliphatic rings. The van der Waals surface area contributed by atoms with E-state index in [0.29, 0.717) is 37.3 Å². The molecule has 5 nitrogen and oxygen atoms in total. The third-order valence-electron chi connectivity index (χ3n) is 5.81. The first kappa shape index (κ1) is 27.8. The van der Waals surface area contributed by atoms with Gasteiger partial charge in [-0.15, -0.1) is 0 Å². The quantitative estimate of drug-likeness (QED) is 0.198. The highest BCUT2D eigenvalue weighted by atomic mass is 35.5. The van der Waals surface area contributed by atoms with Gasteiger partial charge in [-0.2, -0.15) is 0 Å². The van der Waals surface area contributed by atoms with Crippen LogP contribution in [0, 0.1) is 0 Å². The molecule has 4 aromatic rings. The summed E-state index contributed by atoms with van der Waals surface area (Å²) in [5, 5.41) is 5.44. The van der Waals surface area contributed by atoms with Crippen LogP contribution >= 0.6 is 58.0 Å². The summed E-state index contributed by atoms with van der Waals surface area (Å²) in [6.45, 7) is 2.49. The van der Waals surface area contributed by atoms with Crippen LogP contribution in [0.5, 0.6) is 0 Å². The first-order valence-corrected chi connectivity index (χ1v) is 13.2. The van der Waals surface area contributed by atoms with Crippen molar-refractivity contribution in [3.05, 3.63) is 116 Å². The smallest absolute Gasteiger partial charge is 0.269 e. The lowest BCUT2D eigenvalue weighted by Crippen LogP contribution is -2.36. The van der Waals surface area contributed by atoms with Crippen LogP contribution in [-0.4, -0.2) is 10.5 Å². The van der Waals surface area contributed by atoms with Crippen molar-refractivity contribution in [1.29, 1.82) is 0 Å². The molecule has 3 aromatic carbocycles. The molecule has 0 bridgehead atoms. The summed E-state index contributed by atoms with van der Waals surface area (Å²) in [5.41, 5.74) is 2.14. The highest BCUT2D eigenvalue weighted by Gasteiger charge is 2.24. The molecular formula is C27H23Cl5N3O2+. The van der Waals surface area contributed by atoms with Gasteiger partial charge >= 0.3 is 0 Å². The Morgan fingerprint density at radius 1 is 0.946 bits per heavy atom. The highest BCUT2D eigenvalue weighted by Crippen LogP contribution is 2.31. The summed E-state index contributed by atoms with van der Waals surface area (Å²) in [5.74, 6) is -0.193. The molecular weight excluding hydrogens is 576 g/mol. The van der Waals surface area contributed by atoms with Crippen LogP contribution < -0.4 is 9.88 Å². The molecule has 0 aliphatic carbocycles. The molecule has 2 atom stereocenters. The predicted octanol–water partition coefficient (Wildman–Crippen LogP) is 8.20. The molecule has 0 radical (unpaired) electrons. The summed E-state index contributed by atoms with van der Waals surface area (Å²) in [4.78, 5) is 12.8. The molecule has 37 heavy (non-hydrogen) atoms. The van der Waals surface area contributed by atoms with Gasteiger partial charge < -0.3 is 10.1 Å². The maximum Gasteiger partial charge on any atom is 0.269 e. The number of nitrogens with zero attached hydrogens (tertiary/aromatic N) is 2. The van der Waals surface area contributed by atoms with Crippen molar-refractivity contribution in [3.63, 3.8) is 0 Å². The maximum absolute atomic E-state index is 12.8. The number of nitrogens with one attached hydrogen (secondary N) is 1. The van der Waals surface area contributed by atoms with Crippen molar-refractivity contribution in [1.82, 2.24) is 4.57 Å². The summed E-state index contributed by atoms with van der Waals surface area (Å²) in [6.07, 6.45) is 5.11. The first-order chi connectivity index (χ1) is 17.7. The summed E-state index contributed by atoms with van der Waals surface area (Å²) in [6, 6.07) is 17.2. The van der Waals surface area contributed by atoms with Crippen LogP contribution in [0.15, 0.2) is 79.4 Å². The lowest BCUT2D eigenvalue weighted by Gasteiger charge is -2.19. The fourth-order valence-corrected chi connectivity index (χ4v) is 4.88. The predicted molar refractivity (Wildman–Crippen MR) is 150 cm³/mol. The number of carbonyl (C=O) groups excluding carboxylic acids is 1. The minimum absolute atomic E-state index is 0.193. The summed E-state index contributed by atoms with van der Waals surface area (Å²) >= 11 is 31.2. The molecule has 1 N–H and O–H groups in total. The largest absolute Gasteiger partial charge is 0.365 e. The SMILES string of the molecule is CC(C(=O)Nc1ccccc1Cl)n1cc[n+](CC(OCc2ccc(Cl)cc2Cl)c2ccc(Cl)cc2Cl)c1. The van der Waals surface area contributed by atoms with Crippen LogP contribution in [0.3, 0.4) is 0 Å².